The molecule has 1 amide bonds. The molecule has 0 N–H and O–H groups in total. The van der Waals surface area contributed by atoms with Crippen molar-refractivity contribution >= 4 is 27.5 Å². The van der Waals surface area contributed by atoms with Crippen LogP contribution in [-0.2, 0) is 21.1 Å². The Morgan fingerprint density at radius 2 is 1.86 bits per heavy atom. The van der Waals surface area contributed by atoms with Crippen LogP contribution in [0.2, 0.25) is 0 Å². The van der Waals surface area contributed by atoms with Crippen molar-refractivity contribution in [3.63, 3.8) is 0 Å². The summed E-state index contributed by atoms with van der Waals surface area (Å²) in [4.78, 5) is 14.7. The minimum absolute atomic E-state index is 0.0425. The number of benzene rings is 2. The van der Waals surface area contributed by atoms with Crippen LogP contribution in [0.1, 0.15) is 31.7 Å². The van der Waals surface area contributed by atoms with Crippen LogP contribution in [0.5, 0.6) is 5.75 Å². The largest absolute Gasteiger partial charge is 0.494 e. The van der Waals surface area contributed by atoms with Gasteiger partial charge in [-0.1, -0.05) is 42.1 Å². The lowest BCUT2D eigenvalue weighted by Gasteiger charge is -2.26. The molecule has 2 aromatic carbocycles. The standard InChI is InChI=1S/C25H30N4O4S2/c1-3-28(21-14-15-35(31,32)18-21)24(30)17-34-25-27-26-23(16-19-8-6-5-7-9-19)29(25)20-10-12-22(13-11-20)33-4-2/h5-13,21H,3-4,14-18H2,1-2H3/t21-/m1/s1. The van der Waals surface area contributed by atoms with E-state index >= 15 is 0 Å². The smallest absolute Gasteiger partial charge is 0.233 e. The Balaban J connectivity index is 1.56. The average molecular weight is 515 g/mol. The molecule has 2 heterocycles. The lowest BCUT2D eigenvalue weighted by molar-refractivity contribution is -0.129. The van der Waals surface area contributed by atoms with E-state index in [1.807, 2.05) is 73.0 Å². The highest BCUT2D eigenvalue weighted by atomic mass is 32.2. The number of hydrogen-bond acceptors (Lipinski definition) is 7. The van der Waals surface area contributed by atoms with Gasteiger partial charge in [0.2, 0.25) is 5.91 Å². The molecule has 1 aliphatic heterocycles. The molecular weight excluding hydrogens is 484 g/mol. The van der Waals surface area contributed by atoms with Gasteiger partial charge in [-0.15, -0.1) is 10.2 Å². The summed E-state index contributed by atoms with van der Waals surface area (Å²) in [6, 6.07) is 17.5. The Morgan fingerprint density at radius 1 is 1.11 bits per heavy atom. The molecule has 0 spiro atoms. The number of rotatable bonds is 10. The lowest BCUT2D eigenvalue weighted by Crippen LogP contribution is -2.42. The van der Waals surface area contributed by atoms with Crippen LogP contribution in [0.25, 0.3) is 5.69 Å². The first-order chi connectivity index (χ1) is 16.9. The monoisotopic (exact) mass is 514 g/mol. The Labute approximate surface area is 210 Å². The molecule has 8 nitrogen and oxygen atoms in total. The second-order valence-corrected chi connectivity index (χ2v) is 11.5. The summed E-state index contributed by atoms with van der Waals surface area (Å²) >= 11 is 1.32. The Morgan fingerprint density at radius 3 is 2.49 bits per heavy atom. The fourth-order valence-corrected chi connectivity index (χ4v) is 6.86. The molecule has 1 saturated heterocycles. The third-order valence-electron chi connectivity index (χ3n) is 5.95. The number of aromatic nitrogens is 3. The predicted octanol–water partition coefficient (Wildman–Crippen LogP) is 3.38. The maximum absolute atomic E-state index is 13.0. The zero-order valence-electron chi connectivity index (χ0n) is 20.0. The molecule has 0 bridgehead atoms. The first-order valence-electron chi connectivity index (χ1n) is 11.7. The first-order valence-corrected chi connectivity index (χ1v) is 14.5. The molecule has 0 aliphatic carbocycles. The van der Waals surface area contributed by atoms with Gasteiger partial charge < -0.3 is 9.64 Å². The SMILES string of the molecule is CCOc1ccc(-n2c(Cc3ccccc3)nnc2SCC(=O)N(CC)[C@@H]2CCS(=O)(=O)C2)cc1. The molecule has 1 fully saturated rings. The molecule has 3 aromatic rings. The highest BCUT2D eigenvalue weighted by molar-refractivity contribution is 7.99. The second kappa shape index (κ2) is 11.3. The molecule has 4 rings (SSSR count). The maximum Gasteiger partial charge on any atom is 0.233 e. The van der Waals surface area contributed by atoms with E-state index in [2.05, 4.69) is 10.2 Å². The van der Waals surface area contributed by atoms with E-state index in [1.165, 1.54) is 11.8 Å². The van der Waals surface area contributed by atoms with Gasteiger partial charge in [-0.05, 0) is 50.1 Å². The Bertz CT molecular complexity index is 1240. The molecule has 1 atom stereocenters. The Hall–Kier alpha value is -2.85. The highest BCUT2D eigenvalue weighted by Crippen LogP contribution is 2.26. The van der Waals surface area contributed by atoms with E-state index in [0.717, 1.165) is 22.8 Å². The molecule has 1 aliphatic rings. The van der Waals surface area contributed by atoms with Gasteiger partial charge in [0.15, 0.2) is 15.0 Å². The number of ether oxygens (including phenoxy) is 1. The van der Waals surface area contributed by atoms with Gasteiger partial charge in [-0.3, -0.25) is 9.36 Å². The third-order valence-corrected chi connectivity index (χ3v) is 8.61. The maximum atomic E-state index is 13.0. The van der Waals surface area contributed by atoms with Crippen molar-refractivity contribution in [2.24, 2.45) is 0 Å². The molecular formula is C25H30N4O4S2. The second-order valence-electron chi connectivity index (χ2n) is 8.35. The number of carbonyl (C=O) groups excluding carboxylic acids is 1. The van der Waals surface area contributed by atoms with E-state index in [9.17, 15) is 13.2 Å². The van der Waals surface area contributed by atoms with E-state index < -0.39 is 9.84 Å². The van der Waals surface area contributed by atoms with Gasteiger partial charge in [0, 0.05) is 24.7 Å². The summed E-state index contributed by atoms with van der Waals surface area (Å²) in [6.07, 6.45) is 1.09. The number of nitrogens with zero attached hydrogens (tertiary/aromatic N) is 4. The Kier molecular flexibility index (Phi) is 8.12. The van der Waals surface area contributed by atoms with Crippen LogP contribution in [-0.4, -0.2) is 70.4 Å². The minimum Gasteiger partial charge on any atom is -0.494 e. The van der Waals surface area contributed by atoms with Gasteiger partial charge in [0.25, 0.3) is 0 Å². The molecule has 0 unspecified atom stereocenters. The van der Waals surface area contributed by atoms with Gasteiger partial charge in [-0.25, -0.2) is 8.42 Å². The van der Waals surface area contributed by atoms with Crippen molar-refractivity contribution in [1.82, 2.24) is 19.7 Å². The van der Waals surface area contributed by atoms with Crippen LogP contribution >= 0.6 is 11.8 Å². The van der Waals surface area contributed by atoms with Crippen LogP contribution in [0.3, 0.4) is 0 Å². The summed E-state index contributed by atoms with van der Waals surface area (Å²) in [7, 11) is -3.07. The normalized spacial score (nSPS) is 16.8. The summed E-state index contributed by atoms with van der Waals surface area (Å²) in [5, 5.41) is 9.46. The molecule has 35 heavy (non-hydrogen) atoms. The van der Waals surface area contributed by atoms with Gasteiger partial charge in [0.1, 0.15) is 11.6 Å². The van der Waals surface area contributed by atoms with Crippen molar-refractivity contribution in [3.05, 3.63) is 66.0 Å². The number of amides is 1. The van der Waals surface area contributed by atoms with E-state index in [0.29, 0.717) is 31.1 Å². The van der Waals surface area contributed by atoms with Crippen molar-refractivity contribution in [2.75, 3.05) is 30.4 Å². The fourth-order valence-electron chi connectivity index (χ4n) is 4.27. The van der Waals surface area contributed by atoms with Crippen LogP contribution in [0.15, 0.2) is 59.8 Å². The van der Waals surface area contributed by atoms with Gasteiger partial charge >= 0.3 is 0 Å². The summed E-state index contributed by atoms with van der Waals surface area (Å²) < 4.78 is 31.4. The summed E-state index contributed by atoms with van der Waals surface area (Å²) in [5.74, 6) is 1.80. The van der Waals surface area contributed by atoms with Crippen LogP contribution in [0, 0.1) is 0 Å². The first kappa shape index (κ1) is 25.2. The van der Waals surface area contributed by atoms with Crippen molar-refractivity contribution in [3.8, 4) is 11.4 Å². The number of thioether (sulfide) groups is 1. The molecule has 1 aromatic heterocycles. The van der Waals surface area contributed by atoms with Crippen molar-refractivity contribution < 1.29 is 17.9 Å². The zero-order valence-corrected chi connectivity index (χ0v) is 21.6. The minimum atomic E-state index is -3.07. The number of sulfone groups is 1. The molecule has 0 saturated carbocycles. The lowest BCUT2D eigenvalue weighted by atomic mass is 10.1. The third kappa shape index (κ3) is 6.24. The summed E-state index contributed by atoms with van der Waals surface area (Å²) in [6.45, 7) is 4.89. The van der Waals surface area contributed by atoms with Gasteiger partial charge in [-0.2, -0.15) is 0 Å². The van der Waals surface area contributed by atoms with Crippen LogP contribution < -0.4 is 4.74 Å². The molecule has 0 radical (unpaired) electrons. The quantitative estimate of drug-likeness (QED) is 0.383. The van der Waals surface area contributed by atoms with Gasteiger partial charge in [0.05, 0.1) is 23.9 Å². The topological polar surface area (TPSA) is 94.4 Å². The predicted molar refractivity (Wildman–Crippen MR) is 137 cm³/mol. The number of carbonyl (C=O) groups is 1. The highest BCUT2D eigenvalue weighted by Gasteiger charge is 2.34. The van der Waals surface area contributed by atoms with Crippen LogP contribution in [0.4, 0.5) is 0 Å². The van der Waals surface area contributed by atoms with Crippen molar-refractivity contribution in [2.45, 2.75) is 37.9 Å². The zero-order chi connectivity index (χ0) is 24.8. The molecule has 10 heteroatoms. The molecule has 186 valence electrons. The van der Waals surface area contributed by atoms with E-state index in [4.69, 9.17) is 4.74 Å². The fraction of sp³-hybridized carbons (Fsp3) is 0.400. The van der Waals surface area contributed by atoms with E-state index in [1.54, 1.807) is 4.90 Å². The number of hydrogen-bond donors (Lipinski definition) is 0. The summed E-state index contributed by atoms with van der Waals surface area (Å²) in [5.41, 5.74) is 1.99. The van der Waals surface area contributed by atoms with Crippen molar-refractivity contribution in [1.29, 1.82) is 0 Å². The average Bonchev–Trinajstić information content (AvgIpc) is 3.42. The van der Waals surface area contributed by atoms with E-state index in [-0.39, 0.29) is 29.2 Å².